The normalized spacial score (nSPS) is 12.4. The number of nitrogens with two attached hydrogens (primary N) is 1. The molecule has 0 spiro atoms. The number of amides is 1. The molecule has 2 rings (SSSR count). The highest BCUT2D eigenvalue weighted by Gasteiger charge is 2.23. The Morgan fingerprint density at radius 1 is 1.38 bits per heavy atom. The first-order valence-electron chi connectivity index (χ1n) is 9.06. The Bertz CT molecular complexity index is 743. The number of hydrogen-bond donors (Lipinski definition) is 1. The van der Waals surface area contributed by atoms with Crippen LogP contribution in [0.15, 0.2) is 24.3 Å². The number of carbonyl (C=O) groups excluding carboxylic acids is 1. The molecular formula is C19H28ClN5O. The number of rotatable bonds is 8. The Hall–Kier alpha value is -1.92. The molecule has 1 atom stereocenters. The topological polar surface area (TPSA) is 77.0 Å². The molecule has 0 radical (unpaired) electrons. The van der Waals surface area contributed by atoms with Gasteiger partial charge in [-0.15, -0.1) is 5.10 Å². The number of halogens is 1. The molecule has 0 aliphatic rings. The largest absolute Gasteiger partial charge is 0.340 e. The molecule has 0 aliphatic carbocycles. The Kier molecular flexibility index (Phi) is 7.17. The maximum absolute atomic E-state index is 12.9. The highest BCUT2D eigenvalue weighted by atomic mass is 35.5. The fraction of sp³-hybridized carbons (Fsp3) is 0.526. The van der Waals surface area contributed by atoms with Crippen molar-refractivity contribution >= 4 is 17.5 Å². The molecule has 1 aromatic heterocycles. The van der Waals surface area contributed by atoms with E-state index in [9.17, 15) is 4.79 Å². The summed E-state index contributed by atoms with van der Waals surface area (Å²) in [6.45, 7) is 6.83. The van der Waals surface area contributed by atoms with Crippen LogP contribution in [0.5, 0.6) is 0 Å². The minimum absolute atomic E-state index is 0.0718. The number of carbonyl (C=O) groups is 1. The van der Waals surface area contributed by atoms with Crippen molar-refractivity contribution in [3.8, 4) is 5.69 Å². The molecule has 2 aromatic rings. The molecule has 142 valence electrons. The van der Waals surface area contributed by atoms with Gasteiger partial charge in [-0.2, -0.15) is 0 Å². The number of hydrogen-bond acceptors (Lipinski definition) is 4. The average molecular weight is 378 g/mol. The summed E-state index contributed by atoms with van der Waals surface area (Å²) in [7, 11) is 1.78. The molecule has 0 fully saturated rings. The summed E-state index contributed by atoms with van der Waals surface area (Å²) in [5.41, 5.74) is 8.10. The van der Waals surface area contributed by atoms with E-state index in [0.29, 0.717) is 29.6 Å². The van der Waals surface area contributed by atoms with Gasteiger partial charge in [0.2, 0.25) is 0 Å². The monoisotopic (exact) mass is 377 g/mol. The maximum atomic E-state index is 12.9. The third kappa shape index (κ3) is 4.83. The fourth-order valence-corrected chi connectivity index (χ4v) is 2.89. The highest BCUT2D eigenvalue weighted by Crippen LogP contribution is 2.19. The summed E-state index contributed by atoms with van der Waals surface area (Å²) in [6, 6.07) is 7.45. The van der Waals surface area contributed by atoms with Gasteiger partial charge in [0.15, 0.2) is 5.69 Å². The standard InChI is InChI=1S/C19H28ClN5O/c1-5-7-17-18(19(26)24(4)11-10-16(21)13(2)3)22-23-25(17)15-9-6-8-14(20)12-15/h6,8-9,12-13,16H,5,7,10-11,21H2,1-4H3. The lowest BCUT2D eigenvalue weighted by molar-refractivity contribution is 0.0782. The van der Waals surface area contributed by atoms with E-state index in [-0.39, 0.29) is 11.9 Å². The molecule has 2 N–H and O–H groups in total. The van der Waals surface area contributed by atoms with Crippen LogP contribution in [0.3, 0.4) is 0 Å². The number of benzene rings is 1. The van der Waals surface area contributed by atoms with Crippen molar-refractivity contribution in [1.82, 2.24) is 19.9 Å². The highest BCUT2D eigenvalue weighted by molar-refractivity contribution is 6.30. The van der Waals surface area contributed by atoms with E-state index in [0.717, 1.165) is 24.2 Å². The van der Waals surface area contributed by atoms with Gasteiger partial charge in [0.25, 0.3) is 5.91 Å². The summed E-state index contributed by atoms with van der Waals surface area (Å²) in [5, 5.41) is 9.00. The molecule has 1 unspecified atom stereocenters. The summed E-state index contributed by atoms with van der Waals surface area (Å²) in [6.07, 6.45) is 2.35. The average Bonchev–Trinajstić information content (AvgIpc) is 3.02. The van der Waals surface area contributed by atoms with Crippen molar-refractivity contribution in [3.05, 3.63) is 40.7 Å². The van der Waals surface area contributed by atoms with Crippen molar-refractivity contribution in [2.24, 2.45) is 11.7 Å². The zero-order chi connectivity index (χ0) is 19.3. The van der Waals surface area contributed by atoms with E-state index in [4.69, 9.17) is 17.3 Å². The van der Waals surface area contributed by atoms with Gasteiger partial charge in [-0.3, -0.25) is 4.79 Å². The lowest BCUT2D eigenvalue weighted by Gasteiger charge is -2.21. The summed E-state index contributed by atoms with van der Waals surface area (Å²) in [4.78, 5) is 14.6. The fourth-order valence-electron chi connectivity index (χ4n) is 2.70. The maximum Gasteiger partial charge on any atom is 0.276 e. The molecule has 0 saturated carbocycles. The van der Waals surface area contributed by atoms with Crippen LogP contribution in [0.4, 0.5) is 0 Å². The van der Waals surface area contributed by atoms with Crippen LogP contribution in [-0.4, -0.2) is 45.4 Å². The SMILES string of the molecule is CCCc1c(C(=O)N(C)CCC(N)C(C)C)nnn1-c1cccc(Cl)c1. The molecule has 0 saturated heterocycles. The van der Waals surface area contributed by atoms with Crippen molar-refractivity contribution in [3.63, 3.8) is 0 Å². The smallest absolute Gasteiger partial charge is 0.276 e. The molecule has 26 heavy (non-hydrogen) atoms. The summed E-state index contributed by atoms with van der Waals surface area (Å²) < 4.78 is 1.70. The van der Waals surface area contributed by atoms with Gasteiger partial charge in [-0.05, 0) is 37.0 Å². The minimum atomic E-state index is -0.127. The van der Waals surface area contributed by atoms with Crippen molar-refractivity contribution < 1.29 is 4.79 Å². The molecule has 1 heterocycles. The molecule has 0 aliphatic heterocycles. The molecule has 0 bridgehead atoms. The van der Waals surface area contributed by atoms with Crippen LogP contribution in [0.25, 0.3) is 5.69 Å². The van der Waals surface area contributed by atoms with Crippen molar-refractivity contribution in [1.29, 1.82) is 0 Å². The van der Waals surface area contributed by atoms with E-state index >= 15 is 0 Å². The van der Waals surface area contributed by atoms with E-state index < -0.39 is 0 Å². The lowest BCUT2D eigenvalue weighted by atomic mass is 10.0. The van der Waals surface area contributed by atoms with Crippen LogP contribution >= 0.6 is 11.6 Å². The number of aromatic nitrogens is 3. The van der Waals surface area contributed by atoms with Gasteiger partial charge >= 0.3 is 0 Å². The minimum Gasteiger partial charge on any atom is -0.340 e. The second-order valence-electron chi connectivity index (χ2n) is 6.95. The van der Waals surface area contributed by atoms with E-state index in [2.05, 4.69) is 31.1 Å². The third-order valence-corrected chi connectivity index (χ3v) is 4.74. The van der Waals surface area contributed by atoms with Crippen LogP contribution in [0.2, 0.25) is 5.02 Å². The zero-order valence-corrected chi connectivity index (χ0v) is 16.7. The quantitative estimate of drug-likeness (QED) is 0.765. The van der Waals surface area contributed by atoms with Crippen LogP contribution < -0.4 is 5.73 Å². The molecule has 7 heteroatoms. The first kappa shape index (κ1) is 20.4. The van der Waals surface area contributed by atoms with Crippen LogP contribution in [0, 0.1) is 5.92 Å². The summed E-state index contributed by atoms with van der Waals surface area (Å²) in [5.74, 6) is 0.260. The number of nitrogens with zero attached hydrogens (tertiary/aromatic N) is 4. The second kappa shape index (κ2) is 9.14. The van der Waals surface area contributed by atoms with Gasteiger partial charge < -0.3 is 10.6 Å². The van der Waals surface area contributed by atoms with Crippen molar-refractivity contribution in [2.45, 2.75) is 46.1 Å². The van der Waals surface area contributed by atoms with Crippen LogP contribution in [-0.2, 0) is 6.42 Å². The van der Waals surface area contributed by atoms with E-state index in [1.54, 1.807) is 22.7 Å². The van der Waals surface area contributed by atoms with Gasteiger partial charge in [-0.25, -0.2) is 4.68 Å². The summed E-state index contributed by atoms with van der Waals surface area (Å²) >= 11 is 6.09. The van der Waals surface area contributed by atoms with Gasteiger partial charge in [0.05, 0.1) is 11.4 Å². The van der Waals surface area contributed by atoms with Gasteiger partial charge in [0, 0.05) is 24.7 Å². The zero-order valence-electron chi connectivity index (χ0n) is 15.9. The Balaban J connectivity index is 2.24. The Morgan fingerprint density at radius 2 is 2.12 bits per heavy atom. The lowest BCUT2D eigenvalue weighted by Crippen LogP contribution is -2.35. The predicted molar refractivity (Wildman–Crippen MR) is 105 cm³/mol. The molecule has 6 nitrogen and oxygen atoms in total. The Labute approximate surface area is 160 Å². The Morgan fingerprint density at radius 3 is 2.73 bits per heavy atom. The van der Waals surface area contributed by atoms with Crippen LogP contribution in [0.1, 0.15) is 49.8 Å². The van der Waals surface area contributed by atoms with Crippen molar-refractivity contribution in [2.75, 3.05) is 13.6 Å². The first-order valence-corrected chi connectivity index (χ1v) is 9.44. The predicted octanol–water partition coefficient (Wildman–Crippen LogP) is 3.32. The van der Waals surface area contributed by atoms with Gasteiger partial charge in [0.1, 0.15) is 0 Å². The van der Waals surface area contributed by atoms with E-state index in [1.807, 2.05) is 18.2 Å². The molecule has 1 aromatic carbocycles. The molecule has 1 amide bonds. The third-order valence-electron chi connectivity index (χ3n) is 4.51. The second-order valence-corrected chi connectivity index (χ2v) is 7.39. The molecular weight excluding hydrogens is 350 g/mol. The van der Waals surface area contributed by atoms with Gasteiger partial charge in [-0.1, -0.05) is 50.1 Å². The first-order chi connectivity index (χ1) is 12.3. The van der Waals surface area contributed by atoms with E-state index in [1.165, 1.54) is 0 Å².